The van der Waals surface area contributed by atoms with Crippen LogP contribution in [0.4, 0.5) is 0 Å². The predicted molar refractivity (Wildman–Crippen MR) is 87.8 cm³/mol. The molecule has 0 saturated heterocycles. The van der Waals surface area contributed by atoms with Crippen molar-refractivity contribution in [1.29, 1.82) is 0 Å². The molecule has 21 heavy (non-hydrogen) atoms. The second kappa shape index (κ2) is 7.69. The molecular formula is C19H24O2. The Hall–Kier alpha value is -2.01. The molecule has 0 bridgehead atoms. The van der Waals surface area contributed by atoms with Crippen LogP contribution in [0.25, 0.3) is 0 Å². The van der Waals surface area contributed by atoms with Crippen molar-refractivity contribution in [2.45, 2.75) is 47.0 Å². The lowest BCUT2D eigenvalue weighted by Gasteiger charge is -2.32. The largest absolute Gasteiger partial charge is 0.478 e. The van der Waals surface area contributed by atoms with Gasteiger partial charge < -0.3 is 5.11 Å². The summed E-state index contributed by atoms with van der Waals surface area (Å²) in [6.07, 6.45) is 12.2. The number of allylic oxidation sites excluding steroid dienone is 7. The average molecular weight is 284 g/mol. The van der Waals surface area contributed by atoms with Gasteiger partial charge in [0, 0.05) is 6.08 Å². The minimum Gasteiger partial charge on any atom is -0.478 e. The standard InChI is InChI=1S/C19H24O2/c1-15(14-18(20)21)10-7-5-6-8-12-17-16(2)11-9-13-19(17,3)4/h7-8,10,12,14H,9,11,13H2,1-4H3,(H,20,21). The van der Waals surface area contributed by atoms with E-state index in [4.69, 9.17) is 5.11 Å². The SMILES string of the molecule is CC(C=CC#CC=CC1=C(C)CCCC1(C)C)=CC(=O)O. The molecule has 0 spiro atoms. The Balaban J connectivity index is 2.70. The first-order valence-electron chi connectivity index (χ1n) is 7.28. The number of carbonyl (C=O) groups is 1. The molecule has 0 radical (unpaired) electrons. The van der Waals surface area contributed by atoms with Gasteiger partial charge in [-0.15, -0.1) is 0 Å². The Kier molecular flexibility index (Phi) is 6.24. The summed E-state index contributed by atoms with van der Waals surface area (Å²) in [7, 11) is 0. The predicted octanol–water partition coefficient (Wildman–Crippen LogP) is 4.66. The number of hydrogen-bond donors (Lipinski definition) is 1. The normalized spacial score (nSPS) is 19.0. The van der Waals surface area contributed by atoms with Crippen LogP contribution in [0.5, 0.6) is 0 Å². The van der Waals surface area contributed by atoms with E-state index in [0.717, 1.165) is 6.08 Å². The lowest BCUT2D eigenvalue weighted by Crippen LogP contribution is -2.18. The number of hydrogen-bond acceptors (Lipinski definition) is 1. The smallest absolute Gasteiger partial charge is 0.328 e. The molecule has 0 aromatic carbocycles. The van der Waals surface area contributed by atoms with Crippen LogP contribution in [0.15, 0.2) is 47.1 Å². The molecule has 1 aliphatic carbocycles. The molecule has 0 saturated carbocycles. The van der Waals surface area contributed by atoms with Crippen molar-refractivity contribution in [2.75, 3.05) is 0 Å². The molecule has 0 aromatic heterocycles. The topological polar surface area (TPSA) is 37.3 Å². The number of rotatable bonds is 3. The van der Waals surface area contributed by atoms with Crippen LogP contribution in [0, 0.1) is 17.3 Å². The van der Waals surface area contributed by atoms with Crippen LogP contribution in [0.2, 0.25) is 0 Å². The summed E-state index contributed by atoms with van der Waals surface area (Å²) in [5.74, 6) is 4.93. The molecule has 2 heteroatoms. The second-order valence-corrected chi connectivity index (χ2v) is 6.11. The van der Waals surface area contributed by atoms with Crippen molar-refractivity contribution in [2.24, 2.45) is 5.41 Å². The van der Waals surface area contributed by atoms with E-state index in [0.29, 0.717) is 5.57 Å². The maximum Gasteiger partial charge on any atom is 0.328 e. The molecule has 1 aliphatic rings. The molecular weight excluding hydrogens is 260 g/mol. The highest BCUT2D eigenvalue weighted by atomic mass is 16.4. The Labute approximate surface area is 127 Å². The van der Waals surface area contributed by atoms with Crippen LogP contribution in [0.3, 0.4) is 0 Å². The first-order valence-corrected chi connectivity index (χ1v) is 7.28. The molecule has 0 fully saturated rings. The Morgan fingerprint density at radius 1 is 1.29 bits per heavy atom. The van der Waals surface area contributed by atoms with Gasteiger partial charge in [0.15, 0.2) is 0 Å². The zero-order valence-electron chi connectivity index (χ0n) is 13.4. The Morgan fingerprint density at radius 2 is 1.95 bits per heavy atom. The molecule has 0 heterocycles. The lowest BCUT2D eigenvalue weighted by molar-refractivity contribution is -0.131. The van der Waals surface area contributed by atoms with E-state index in [-0.39, 0.29) is 5.41 Å². The first-order chi connectivity index (χ1) is 9.83. The van der Waals surface area contributed by atoms with Gasteiger partial charge in [0.05, 0.1) is 0 Å². The van der Waals surface area contributed by atoms with Crippen molar-refractivity contribution in [1.82, 2.24) is 0 Å². The van der Waals surface area contributed by atoms with Crippen molar-refractivity contribution >= 4 is 5.97 Å². The first kappa shape index (κ1) is 17.0. The van der Waals surface area contributed by atoms with Crippen LogP contribution < -0.4 is 0 Å². The fraction of sp³-hybridized carbons (Fsp3) is 0.421. The van der Waals surface area contributed by atoms with Crippen LogP contribution >= 0.6 is 0 Å². The van der Waals surface area contributed by atoms with Gasteiger partial charge in [-0.05, 0) is 61.8 Å². The van der Waals surface area contributed by atoms with Gasteiger partial charge in [-0.1, -0.05) is 43.4 Å². The molecule has 2 nitrogen and oxygen atoms in total. The molecule has 112 valence electrons. The minimum atomic E-state index is -0.938. The molecule has 0 aliphatic heterocycles. The van der Waals surface area contributed by atoms with Gasteiger partial charge in [0.1, 0.15) is 0 Å². The fourth-order valence-corrected chi connectivity index (χ4v) is 2.65. The molecule has 0 unspecified atom stereocenters. The van der Waals surface area contributed by atoms with E-state index in [1.807, 2.05) is 6.08 Å². The average Bonchev–Trinajstić information content (AvgIpc) is 2.34. The maximum atomic E-state index is 10.4. The summed E-state index contributed by atoms with van der Waals surface area (Å²) >= 11 is 0. The fourth-order valence-electron chi connectivity index (χ4n) is 2.65. The van der Waals surface area contributed by atoms with Crippen molar-refractivity contribution < 1.29 is 9.90 Å². The molecule has 1 rings (SSSR count). The highest BCUT2D eigenvalue weighted by Crippen LogP contribution is 2.40. The highest BCUT2D eigenvalue weighted by Gasteiger charge is 2.26. The quantitative estimate of drug-likeness (QED) is 0.465. The van der Waals surface area contributed by atoms with Gasteiger partial charge >= 0.3 is 5.97 Å². The number of carboxylic acid groups (broad SMARTS) is 1. The Bertz CT molecular complexity index is 572. The lowest BCUT2D eigenvalue weighted by atomic mass is 9.73. The van der Waals surface area contributed by atoms with Gasteiger partial charge in [-0.3, -0.25) is 0 Å². The molecule has 0 atom stereocenters. The van der Waals surface area contributed by atoms with Crippen molar-refractivity contribution in [3.8, 4) is 11.8 Å². The Morgan fingerprint density at radius 3 is 2.57 bits per heavy atom. The van der Waals surface area contributed by atoms with Gasteiger partial charge in [-0.2, -0.15) is 0 Å². The van der Waals surface area contributed by atoms with Gasteiger partial charge in [0.2, 0.25) is 0 Å². The zero-order valence-corrected chi connectivity index (χ0v) is 13.4. The van der Waals surface area contributed by atoms with E-state index in [1.54, 1.807) is 19.1 Å². The van der Waals surface area contributed by atoms with Crippen LogP contribution in [-0.4, -0.2) is 11.1 Å². The summed E-state index contributed by atoms with van der Waals surface area (Å²) < 4.78 is 0. The summed E-state index contributed by atoms with van der Waals surface area (Å²) in [6.45, 7) is 8.50. The minimum absolute atomic E-state index is 0.233. The second-order valence-electron chi connectivity index (χ2n) is 6.11. The zero-order chi connectivity index (χ0) is 15.9. The van der Waals surface area contributed by atoms with E-state index < -0.39 is 5.97 Å². The third-order valence-corrected chi connectivity index (χ3v) is 3.74. The molecule has 0 amide bonds. The van der Waals surface area contributed by atoms with Crippen molar-refractivity contribution in [3.05, 3.63) is 47.1 Å². The third-order valence-electron chi connectivity index (χ3n) is 3.74. The summed E-state index contributed by atoms with van der Waals surface area (Å²) in [4.78, 5) is 10.4. The number of aliphatic carboxylic acids is 1. The van der Waals surface area contributed by atoms with Crippen LogP contribution in [-0.2, 0) is 4.79 Å². The van der Waals surface area contributed by atoms with E-state index >= 15 is 0 Å². The van der Waals surface area contributed by atoms with Gasteiger partial charge in [0.25, 0.3) is 0 Å². The van der Waals surface area contributed by atoms with Crippen molar-refractivity contribution in [3.63, 3.8) is 0 Å². The van der Waals surface area contributed by atoms with E-state index in [9.17, 15) is 4.79 Å². The third kappa shape index (κ3) is 5.87. The van der Waals surface area contributed by atoms with Crippen LogP contribution in [0.1, 0.15) is 47.0 Å². The summed E-state index contributed by atoms with van der Waals surface area (Å²) in [5.41, 5.74) is 3.76. The van der Waals surface area contributed by atoms with Gasteiger partial charge in [-0.25, -0.2) is 4.79 Å². The number of carboxylic acids is 1. The molecule has 1 N–H and O–H groups in total. The highest BCUT2D eigenvalue weighted by molar-refractivity contribution is 5.81. The van der Waals surface area contributed by atoms with E-state index in [1.165, 1.54) is 30.4 Å². The summed E-state index contributed by atoms with van der Waals surface area (Å²) in [5, 5.41) is 8.58. The monoisotopic (exact) mass is 284 g/mol. The maximum absolute atomic E-state index is 10.4. The van der Waals surface area contributed by atoms with E-state index in [2.05, 4.69) is 38.7 Å². The summed E-state index contributed by atoms with van der Waals surface area (Å²) in [6, 6.07) is 0. The molecule has 0 aromatic rings.